The van der Waals surface area contributed by atoms with Gasteiger partial charge in [0.15, 0.2) is 0 Å². The smallest absolute Gasteiger partial charge is 0.244 e. The van der Waals surface area contributed by atoms with Crippen molar-refractivity contribution in [3.63, 3.8) is 0 Å². The Morgan fingerprint density at radius 3 is 2.71 bits per heavy atom. The molecular formula is C13H18N2O2. The Morgan fingerprint density at radius 2 is 2.18 bits per heavy atom. The number of anilines is 1. The van der Waals surface area contributed by atoms with E-state index in [0.29, 0.717) is 5.69 Å². The van der Waals surface area contributed by atoms with E-state index in [9.17, 15) is 9.90 Å². The van der Waals surface area contributed by atoms with E-state index < -0.39 is 5.54 Å². The lowest BCUT2D eigenvalue weighted by atomic mass is 9.96. The number of aryl methyl sites for hydroxylation is 1. The van der Waals surface area contributed by atoms with Crippen LogP contribution in [0.5, 0.6) is 5.75 Å². The second kappa shape index (κ2) is 4.04. The summed E-state index contributed by atoms with van der Waals surface area (Å²) in [5.41, 5.74) is 6.55. The number of aromatic hydroxyl groups is 1. The van der Waals surface area contributed by atoms with Gasteiger partial charge in [-0.1, -0.05) is 6.07 Å². The van der Waals surface area contributed by atoms with Crippen LogP contribution in [-0.2, 0) is 4.79 Å². The summed E-state index contributed by atoms with van der Waals surface area (Å²) in [7, 11) is 0. The minimum Gasteiger partial charge on any atom is -0.508 e. The highest BCUT2D eigenvalue weighted by molar-refractivity contribution is 5.98. The van der Waals surface area contributed by atoms with E-state index in [1.165, 1.54) is 6.07 Å². The largest absolute Gasteiger partial charge is 0.508 e. The van der Waals surface area contributed by atoms with Gasteiger partial charge in [0.2, 0.25) is 5.91 Å². The lowest BCUT2D eigenvalue weighted by molar-refractivity contribution is -0.121. The Morgan fingerprint density at radius 1 is 1.53 bits per heavy atom. The number of nitrogens with two attached hydrogens (primary N) is 1. The molecule has 1 saturated carbocycles. The van der Waals surface area contributed by atoms with Gasteiger partial charge in [-0.2, -0.15) is 0 Å². The van der Waals surface area contributed by atoms with Crippen molar-refractivity contribution < 1.29 is 9.90 Å². The molecule has 0 spiro atoms. The molecule has 0 heterocycles. The third kappa shape index (κ3) is 2.42. The van der Waals surface area contributed by atoms with Crippen LogP contribution in [0.3, 0.4) is 0 Å². The number of carbonyl (C=O) groups excluding carboxylic acids is 1. The van der Waals surface area contributed by atoms with Crippen LogP contribution in [0, 0.1) is 12.8 Å². The first-order chi connectivity index (χ1) is 7.91. The van der Waals surface area contributed by atoms with Gasteiger partial charge in [0.25, 0.3) is 0 Å². The Bertz CT molecular complexity index is 451. The average molecular weight is 234 g/mol. The highest BCUT2D eigenvalue weighted by atomic mass is 16.3. The molecule has 4 N–H and O–H groups in total. The van der Waals surface area contributed by atoms with Crippen molar-refractivity contribution in [2.45, 2.75) is 32.2 Å². The van der Waals surface area contributed by atoms with Gasteiger partial charge in [-0.3, -0.25) is 4.79 Å². The van der Waals surface area contributed by atoms with Crippen LogP contribution < -0.4 is 11.1 Å². The van der Waals surface area contributed by atoms with Gasteiger partial charge in [-0.25, -0.2) is 0 Å². The molecule has 1 aliphatic carbocycles. The molecule has 1 amide bonds. The first-order valence-electron chi connectivity index (χ1n) is 5.81. The maximum absolute atomic E-state index is 12.0. The second-order valence-corrected chi connectivity index (χ2v) is 5.01. The van der Waals surface area contributed by atoms with Gasteiger partial charge in [0.05, 0.1) is 5.54 Å². The van der Waals surface area contributed by atoms with E-state index in [4.69, 9.17) is 5.73 Å². The quantitative estimate of drug-likeness (QED) is 0.746. The molecule has 0 saturated heterocycles. The number of amides is 1. The summed E-state index contributed by atoms with van der Waals surface area (Å²) >= 11 is 0. The zero-order valence-corrected chi connectivity index (χ0v) is 10.2. The molecule has 2 rings (SSSR count). The minimum absolute atomic E-state index is 0.174. The molecule has 0 aromatic heterocycles. The fraction of sp³-hybridized carbons (Fsp3) is 0.462. The van der Waals surface area contributed by atoms with E-state index >= 15 is 0 Å². The number of carbonyl (C=O) groups is 1. The topological polar surface area (TPSA) is 75.4 Å². The molecule has 0 radical (unpaired) electrons. The van der Waals surface area contributed by atoms with Crippen LogP contribution in [-0.4, -0.2) is 16.6 Å². The molecule has 1 aromatic carbocycles. The molecule has 0 aliphatic heterocycles. The minimum atomic E-state index is -0.819. The van der Waals surface area contributed by atoms with Crippen molar-refractivity contribution in [1.82, 2.24) is 0 Å². The summed E-state index contributed by atoms with van der Waals surface area (Å²) in [6, 6.07) is 5.06. The van der Waals surface area contributed by atoms with Crippen molar-refractivity contribution in [1.29, 1.82) is 0 Å². The van der Waals surface area contributed by atoms with Crippen molar-refractivity contribution in [3.05, 3.63) is 23.8 Å². The van der Waals surface area contributed by atoms with Crippen molar-refractivity contribution in [2.75, 3.05) is 5.32 Å². The molecule has 1 fully saturated rings. The van der Waals surface area contributed by atoms with E-state index in [1.807, 2.05) is 0 Å². The summed E-state index contributed by atoms with van der Waals surface area (Å²) in [4.78, 5) is 12.0. The Hall–Kier alpha value is -1.55. The summed E-state index contributed by atoms with van der Waals surface area (Å²) < 4.78 is 0. The second-order valence-electron chi connectivity index (χ2n) is 5.01. The van der Waals surface area contributed by atoms with Crippen LogP contribution in [0.4, 0.5) is 5.69 Å². The number of phenols is 1. The summed E-state index contributed by atoms with van der Waals surface area (Å²) in [5, 5.41) is 12.3. The standard InChI is InChI=1S/C13H18N2O2/c1-8-3-6-10(7-11(8)16)15-12(17)13(2,14)9-4-5-9/h3,6-7,9,16H,4-5,14H2,1-2H3,(H,15,17). The molecule has 1 aromatic rings. The SMILES string of the molecule is Cc1ccc(NC(=O)C(C)(N)C2CC2)cc1O. The van der Waals surface area contributed by atoms with Crippen LogP contribution in [0.25, 0.3) is 0 Å². The predicted octanol–water partition coefficient (Wildman–Crippen LogP) is 1.77. The number of rotatable bonds is 3. The summed E-state index contributed by atoms with van der Waals surface area (Å²) in [6.45, 7) is 3.56. The molecule has 92 valence electrons. The number of phenolic OH excluding ortho intramolecular Hbond substituents is 1. The molecule has 0 bridgehead atoms. The molecular weight excluding hydrogens is 216 g/mol. The van der Waals surface area contributed by atoms with Crippen LogP contribution in [0.2, 0.25) is 0 Å². The summed E-state index contributed by atoms with van der Waals surface area (Å²) in [5.74, 6) is 0.262. The molecule has 4 nitrogen and oxygen atoms in total. The Balaban J connectivity index is 2.10. The molecule has 1 unspecified atom stereocenters. The third-order valence-corrected chi connectivity index (χ3v) is 3.38. The van der Waals surface area contributed by atoms with E-state index in [0.717, 1.165) is 18.4 Å². The van der Waals surface area contributed by atoms with Crippen molar-refractivity contribution in [2.24, 2.45) is 11.7 Å². The normalized spacial score (nSPS) is 18.5. The number of benzene rings is 1. The third-order valence-electron chi connectivity index (χ3n) is 3.38. The van der Waals surface area contributed by atoms with Gasteiger partial charge in [0, 0.05) is 11.8 Å². The van der Waals surface area contributed by atoms with Gasteiger partial charge in [-0.05, 0) is 44.2 Å². The Kier molecular flexibility index (Phi) is 2.83. The first-order valence-corrected chi connectivity index (χ1v) is 5.81. The maximum Gasteiger partial charge on any atom is 0.244 e. The average Bonchev–Trinajstić information content (AvgIpc) is 3.07. The number of hydrogen-bond acceptors (Lipinski definition) is 3. The lowest BCUT2D eigenvalue weighted by Crippen LogP contribution is -2.50. The first kappa shape index (κ1) is 11.9. The van der Waals surface area contributed by atoms with Crippen LogP contribution >= 0.6 is 0 Å². The zero-order valence-electron chi connectivity index (χ0n) is 10.2. The van der Waals surface area contributed by atoms with E-state index in [2.05, 4.69) is 5.32 Å². The van der Waals surface area contributed by atoms with Crippen molar-refractivity contribution >= 4 is 11.6 Å². The number of hydrogen-bond donors (Lipinski definition) is 3. The van der Waals surface area contributed by atoms with Gasteiger partial charge < -0.3 is 16.2 Å². The zero-order chi connectivity index (χ0) is 12.6. The van der Waals surface area contributed by atoms with Gasteiger partial charge in [-0.15, -0.1) is 0 Å². The van der Waals surface area contributed by atoms with Crippen LogP contribution in [0.15, 0.2) is 18.2 Å². The lowest BCUT2D eigenvalue weighted by Gasteiger charge is -2.23. The molecule has 4 heteroatoms. The summed E-state index contributed by atoms with van der Waals surface area (Å²) in [6.07, 6.45) is 2.03. The monoisotopic (exact) mass is 234 g/mol. The fourth-order valence-corrected chi connectivity index (χ4v) is 1.82. The maximum atomic E-state index is 12.0. The fourth-order valence-electron chi connectivity index (χ4n) is 1.82. The molecule has 1 atom stereocenters. The predicted molar refractivity (Wildman–Crippen MR) is 66.8 cm³/mol. The van der Waals surface area contributed by atoms with E-state index in [1.54, 1.807) is 26.0 Å². The van der Waals surface area contributed by atoms with Gasteiger partial charge >= 0.3 is 0 Å². The molecule has 1 aliphatic rings. The van der Waals surface area contributed by atoms with Crippen LogP contribution in [0.1, 0.15) is 25.3 Å². The molecule has 17 heavy (non-hydrogen) atoms. The highest BCUT2D eigenvalue weighted by Crippen LogP contribution is 2.38. The van der Waals surface area contributed by atoms with E-state index in [-0.39, 0.29) is 17.6 Å². The van der Waals surface area contributed by atoms with Gasteiger partial charge in [0.1, 0.15) is 5.75 Å². The Labute approximate surface area is 101 Å². The number of nitrogens with one attached hydrogen (secondary N) is 1. The van der Waals surface area contributed by atoms with Crippen molar-refractivity contribution in [3.8, 4) is 5.75 Å². The highest BCUT2D eigenvalue weighted by Gasteiger charge is 2.44.